The van der Waals surface area contributed by atoms with Gasteiger partial charge in [0.2, 0.25) is 0 Å². The topological polar surface area (TPSA) is 42.0 Å². The van der Waals surface area contributed by atoms with Gasteiger partial charge in [0.1, 0.15) is 17.4 Å². The third-order valence-corrected chi connectivity index (χ3v) is 6.41. The van der Waals surface area contributed by atoms with Crippen molar-refractivity contribution in [2.75, 3.05) is 39.8 Å². The van der Waals surface area contributed by atoms with E-state index in [0.717, 1.165) is 5.56 Å². The van der Waals surface area contributed by atoms with Crippen molar-refractivity contribution in [1.82, 2.24) is 9.80 Å². The lowest BCUT2D eigenvalue weighted by atomic mass is 10.1. The van der Waals surface area contributed by atoms with E-state index in [-0.39, 0.29) is 18.1 Å². The lowest BCUT2D eigenvalue weighted by Gasteiger charge is -2.36. The maximum Gasteiger partial charge on any atom is 0.257 e. The molecule has 0 aromatic heterocycles. The Morgan fingerprint density at radius 3 is 2.26 bits per heavy atom. The summed E-state index contributed by atoms with van der Waals surface area (Å²) in [6, 6.07) is 18.2. The number of carbonyl (C=O) groups excluding carboxylic acids is 1. The number of halogens is 3. The van der Waals surface area contributed by atoms with Crippen molar-refractivity contribution in [3.05, 3.63) is 100 Å². The summed E-state index contributed by atoms with van der Waals surface area (Å²) in [6.07, 6.45) is -0.428. The van der Waals surface area contributed by atoms with Crippen molar-refractivity contribution in [3.8, 4) is 5.75 Å². The fourth-order valence-electron chi connectivity index (χ4n) is 4.15. The Labute approximate surface area is 208 Å². The first-order valence-electron chi connectivity index (χ1n) is 11.4. The molecule has 1 aliphatic rings. The minimum absolute atomic E-state index is 0.0670. The number of ether oxygens (including phenoxy) is 2. The predicted molar refractivity (Wildman–Crippen MR) is 131 cm³/mol. The Balaban J connectivity index is 1.42. The van der Waals surface area contributed by atoms with Crippen molar-refractivity contribution in [1.29, 1.82) is 0 Å². The van der Waals surface area contributed by atoms with Crippen LogP contribution >= 0.6 is 11.6 Å². The molecule has 3 aromatic rings. The molecule has 0 N–H and O–H groups in total. The number of piperazine rings is 1. The molecular formula is C27H27ClF2N2O3. The van der Waals surface area contributed by atoms with E-state index in [2.05, 4.69) is 4.90 Å². The molecule has 1 fully saturated rings. The third kappa shape index (κ3) is 6.17. The maximum absolute atomic E-state index is 14.1. The summed E-state index contributed by atoms with van der Waals surface area (Å²) in [5.41, 5.74) is 1.30. The molecule has 184 valence electrons. The van der Waals surface area contributed by atoms with Crippen LogP contribution in [0.3, 0.4) is 0 Å². The molecule has 3 aromatic carbocycles. The van der Waals surface area contributed by atoms with Gasteiger partial charge in [0.25, 0.3) is 5.91 Å². The van der Waals surface area contributed by atoms with Gasteiger partial charge >= 0.3 is 0 Å². The monoisotopic (exact) mass is 500 g/mol. The van der Waals surface area contributed by atoms with Gasteiger partial charge in [-0.15, -0.1) is 0 Å². The largest absolute Gasteiger partial charge is 0.496 e. The first-order valence-corrected chi connectivity index (χ1v) is 11.8. The number of rotatable bonds is 8. The van der Waals surface area contributed by atoms with Gasteiger partial charge in [-0.25, -0.2) is 8.78 Å². The zero-order valence-corrected chi connectivity index (χ0v) is 20.2. The summed E-state index contributed by atoms with van der Waals surface area (Å²) in [5.74, 6) is -0.786. The van der Waals surface area contributed by atoms with Crippen molar-refractivity contribution < 1.29 is 23.0 Å². The maximum atomic E-state index is 14.1. The fourth-order valence-corrected chi connectivity index (χ4v) is 4.27. The van der Waals surface area contributed by atoms with E-state index in [1.54, 1.807) is 36.3 Å². The predicted octanol–water partition coefficient (Wildman–Crippen LogP) is 5.34. The molecule has 5 nitrogen and oxygen atoms in total. The molecule has 1 aliphatic heterocycles. The lowest BCUT2D eigenvalue weighted by molar-refractivity contribution is 0.00142. The van der Waals surface area contributed by atoms with Crippen LogP contribution in [0.4, 0.5) is 8.78 Å². The summed E-state index contributed by atoms with van der Waals surface area (Å²) < 4.78 is 39.6. The molecule has 1 atom stereocenters. The second kappa shape index (κ2) is 11.6. The highest BCUT2D eigenvalue weighted by Crippen LogP contribution is 2.25. The fraction of sp³-hybridized carbons (Fsp3) is 0.296. The number of hydrogen-bond donors (Lipinski definition) is 0. The molecule has 0 spiro atoms. The van der Waals surface area contributed by atoms with Gasteiger partial charge in [0.15, 0.2) is 0 Å². The third-order valence-electron chi connectivity index (χ3n) is 6.15. The minimum Gasteiger partial charge on any atom is -0.496 e. The Morgan fingerprint density at radius 1 is 0.943 bits per heavy atom. The average molecular weight is 501 g/mol. The smallest absolute Gasteiger partial charge is 0.257 e. The van der Waals surface area contributed by atoms with E-state index >= 15 is 0 Å². The van der Waals surface area contributed by atoms with Crippen LogP contribution in [0.15, 0.2) is 66.7 Å². The highest BCUT2D eigenvalue weighted by molar-refractivity contribution is 6.30. The molecule has 35 heavy (non-hydrogen) atoms. The van der Waals surface area contributed by atoms with Gasteiger partial charge in [0, 0.05) is 43.3 Å². The van der Waals surface area contributed by atoms with Gasteiger partial charge < -0.3 is 14.4 Å². The molecule has 1 heterocycles. The number of para-hydroxylation sites is 1. The zero-order valence-electron chi connectivity index (χ0n) is 19.4. The van der Waals surface area contributed by atoms with Crippen LogP contribution in [0.25, 0.3) is 0 Å². The molecule has 0 saturated carbocycles. The van der Waals surface area contributed by atoms with Crippen LogP contribution < -0.4 is 4.74 Å². The molecule has 4 rings (SSSR count). The normalized spacial score (nSPS) is 15.1. The van der Waals surface area contributed by atoms with Gasteiger partial charge in [-0.1, -0.05) is 41.9 Å². The quantitative estimate of drug-likeness (QED) is 0.418. The average Bonchev–Trinajstić information content (AvgIpc) is 2.88. The number of hydrogen-bond acceptors (Lipinski definition) is 4. The molecule has 1 amide bonds. The zero-order chi connectivity index (χ0) is 24.8. The Bertz CT molecular complexity index is 1130. The van der Waals surface area contributed by atoms with Crippen molar-refractivity contribution in [2.45, 2.75) is 12.7 Å². The highest BCUT2D eigenvalue weighted by Gasteiger charge is 2.26. The molecule has 8 heteroatoms. The number of benzene rings is 3. The van der Waals surface area contributed by atoms with Crippen LogP contribution in [0.2, 0.25) is 5.02 Å². The van der Waals surface area contributed by atoms with Crippen LogP contribution in [-0.4, -0.2) is 55.5 Å². The Kier molecular flexibility index (Phi) is 8.33. The number of carbonyl (C=O) groups is 1. The highest BCUT2D eigenvalue weighted by atomic mass is 35.5. The second-order valence-electron chi connectivity index (χ2n) is 8.34. The number of nitrogens with zero attached hydrogens (tertiary/aromatic N) is 2. The van der Waals surface area contributed by atoms with E-state index in [9.17, 15) is 13.6 Å². The minimum atomic E-state index is -0.636. The van der Waals surface area contributed by atoms with Gasteiger partial charge in [0.05, 0.1) is 25.4 Å². The molecule has 0 bridgehead atoms. The van der Waals surface area contributed by atoms with Crippen LogP contribution in [0, 0.1) is 11.6 Å². The van der Waals surface area contributed by atoms with Crippen molar-refractivity contribution >= 4 is 17.5 Å². The van der Waals surface area contributed by atoms with E-state index in [1.165, 1.54) is 18.2 Å². The summed E-state index contributed by atoms with van der Waals surface area (Å²) in [7, 11) is 1.55. The summed E-state index contributed by atoms with van der Waals surface area (Å²) >= 11 is 6.04. The van der Waals surface area contributed by atoms with E-state index in [0.29, 0.717) is 49.1 Å². The second-order valence-corrected chi connectivity index (χ2v) is 8.78. The standard InChI is InChI=1S/C27H27ClF2N2O3/c1-34-25-8-3-2-5-21(25)27(33)32-15-13-31(14-16-32)17-26(19-9-11-20(28)12-10-19)35-18-22-23(29)6-4-7-24(22)30/h2-12,26H,13-18H2,1H3/t26-/m0/s1. The molecule has 0 radical (unpaired) electrons. The molecular weight excluding hydrogens is 474 g/mol. The number of methoxy groups -OCH3 is 1. The molecule has 0 aliphatic carbocycles. The summed E-state index contributed by atoms with van der Waals surface area (Å²) in [5, 5.41) is 0.594. The van der Waals surface area contributed by atoms with E-state index in [4.69, 9.17) is 21.1 Å². The van der Waals surface area contributed by atoms with Gasteiger partial charge in [-0.3, -0.25) is 9.69 Å². The summed E-state index contributed by atoms with van der Waals surface area (Å²) in [6.45, 7) is 2.69. The SMILES string of the molecule is COc1ccccc1C(=O)N1CCN(C[C@H](OCc2c(F)cccc2F)c2ccc(Cl)cc2)CC1. The first-order chi connectivity index (χ1) is 17.0. The van der Waals surface area contributed by atoms with Gasteiger partial charge in [-0.05, 0) is 42.0 Å². The van der Waals surface area contributed by atoms with Gasteiger partial charge in [-0.2, -0.15) is 0 Å². The van der Waals surface area contributed by atoms with Crippen molar-refractivity contribution in [2.24, 2.45) is 0 Å². The van der Waals surface area contributed by atoms with E-state index in [1.807, 2.05) is 24.3 Å². The van der Waals surface area contributed by atoms with Crippen LogP contribution in [0.1, 0.15) is 27.6 Å². The van der Waals surface area contributed by atoms with E-state index < -0.39 is 17.7 Å². The lowest BCUT2D eigenvalue weighted by Crippen LogP contribution is -2.49. The van der Waals surface area contributed by atoms with Crippen LogP contribution in [0.5, 0.6) is 5.75 Å². The first kappa shape index (κ1) is 25.1. The molecule has 1 saturated heterocycles. The number of amides is 1. The summed E-state index contributed by atoms with van der Waals surface area (Å²) in [4.78, 5) is 17.0. The Hall–Kier alpha value is -3.00. The Morgan fingerprint density at radius 2 is 1.60 bits per heavy atom. The van der Waals surface area contributed by atoms with Crippen LogP contribution in [-0.2, 0) is 11.3 Å². The van der Waals surface area contributed by atoms with Crippen molar-refractivity contribution in [3.63, 3.8) is 0 Å². The molecule has 0 unspecified atom stereocenters.